The van der Waals surface area contributed by atoms with Crippen molar-refractivity contribution in [2.45, 2.75) is 19.6 Å². The Morgan fingerprint density at radius 2 is 1.88 bits per heavy atom. The van der Waals surface area contributed by atoms with Crippen LogP contribution >= 0.6 is 0 Å². The van der Waals surface area contributed by atoms with E-state index in [1.54, 1.807) is 6.92 Å². The van der Waals surface area contributed by atoms with Gasteiger partial charge in [0, 0.05) is 23.6 Å². The Bertz CT molecular complexity index is 1030. The van der Waals surface area contributed by atoms with Crippen LogP contribution in [0.4, 0.5) is 5.69 Å². The molecule has 0 aliphatic heterocycles. The van der Waals surface area contributed by atoms with Gasteiger partial charge < -0.3 is 4.74 Å². The molecule has 132 valence electrons. The third-order valence-electron chi connectivity index (χ3n) is 4.08. The third-order valence-corrected chi connectivity index (χ3v) is 4.08. The van der Waals surface area contributed by atoms with E-state index in [-0.39, 0.29) is 17.9 Å². The van der Waals surface area contributed by atoms with E-state index in [9.17, 15) is 19.7 Å². The molecule has 0 saturated heterocycles. The van der Waals surface area contributed by atoms with Crippen LogP contribution in [0.5, 0.6) is 0 Å². The van der Waals surface area contributed by atoms with Gasteiger partial charge in [-0.15, -0.1) is 0 Å². The van der Waals surface area contributed by atoms with Crippen LogP contribution in [0.15, 0.2) is 65.5 Å². The maximum absolute atomic E-state index is 12.4. The largest absolute Gasteiger partial charge is 0.459 e. The predicted molar refractivity (Wildman–Crippen MR) is 95.8 cm³/mol. The topological polar surface area (TPSA) is 91.4 Å². The molecular weight excluding hydrogens is 336 g/mol. The SMILES string of the molecule is CC(C(=O)OCc1ccccc1)n1c(=O)ccc2cc([N+](=O)[O-])ccc21. The van der Waals surface area contributed by atoms with Crippen LogP contribution in [0.3, 0.4) is 0 Å². The summed E-state index contributed by atoms with van der Waals surface area (Å²) in [7, 11) is 0. The van der Waals surface area contributed by atoms with E-state index in [0.29, 0.717) is 10.9 Å². The van der Waals surface area contributed by atoms with Crippen molar-refractivity contribution in [2.75, 3.05) is 0 Å². The van der Waals surface area contributed by atoms with E-state index in [4.69, 9.17) is 4.74 Å². The summed E-state index contributed by atoms with van der Waals surface area (Å²) >= 11 is 0. The second-order valence-electron chi connectivity index (χ2n) is 5.81. The number of nitro groups is 1. The highest BCUT2D eigenvalue weighted by Gasteiger charge is 2.20. The number of benzene rings is 2. The maximum atomic E-state index is 12.4. The molecule has 2 aromatic carbocycles. The molecule has 0 aliphatic rings. The number of non-ortho nitro benzene ring substituents is 1. The molecule has 1 unspecified atom stereocenters. The predicted octanol–water partition coefficient (Wildman–Crippen LogP) is 3.21. The number of carbonyl (C=O) groups is 1. The lowest BCUT2D eigenvalue weighted by molar-refractivity contribution is -0.384. The van der Waals surface area contributed by atoms with Crippen LogP contribution in [-0.4, -0.2) is 15.5 Å². The average Bonchev–Trinajstić information content (AvgIpc) is 2.65. The maximum Gasteiger partial charge on any atom is 0.329 e. The number of nitrogens with zero attached hydrogens (tertiary/aromatic N) is 2. The lowest BCUT2D eigenvalue weighted by Gasteiger charge is -2.17. The second-order valence-corrected chi connectivity index (χ2v) is 5.81. The zero-order valence-corrected chi connectivity index (χ0v) is 14.0. The van der Waals surface area contributed by atoms with Crippen molar-refractivity contribution < 1.29 is 14.5 Å². The number of hydrogen-bond donors (Lipinski definition) is 0. The van der Waals surface area contributed by atoms with Crippen molar-refractivity contribution >= 4 is 22.6 Å². The minimum atomic E-state index is -0.864. The van der Waals surface area contributed by atoms with Gasteiger partial charge in [0.25, 0.3) is 11.2 Å². The molecule has 0 fully saturated rings. The summed E-state index contributed by atoms with van der Waals surface area (Å²) in [5.74, 6) is -0.554. The Hall–Kier alpha value is -3.48. The fourth-order valence-corrected chi connectivity index (χ4v) is 2.72. The molecule has 3 rings (SSSR count). The zero-order chi connectivity index (χ0) is 18.7. The standard InChI is InChI=1S/C19H16N2O5/c1-13(19(23)26-12-14-5-3-2-4-6-14)20-17-9-8-16(21(24)25)11-15(17)7-10-18(20)22/h2-11,13H,12H2,1H3. The van der Waals surface area contributed by atoms with Gasteiger partial charge in [-0.3, -0.25) is 19.5 Å². The number of aromatic nitrogens is 1. The average molecular weight is 352 g/mol. The van der Waals surface area contributed by atoms with E-state index in [1.807, 2.05) is 30.3 Å². The Morgan fingerprint density at radius 3 is 2.58 bits per heavy atom. The molecule has 1 aromatic heterocycles. The zero-order valence-electron chi connectivity index (χ0n) is 14.0. The van der Waals surface area contributed by atoms with Crippen molar-refractivity contribution in [1.82, 2.24) is 4.57 Å². The van der Waals surface area contributed by atoms with Crippen molar-refractivity contribution in [3.05, 3.63) is 86.7 Å². The fraction of sp³-hybridized carbons (Fsp3) is 0.158. The van der Waals surface area contributed by atoms with Crippen LogP contribution in [0.1, 0.15) is 18.5 Å². The number of rotatable bonds is 5. The normalized spacial score (nSPS) is 11.9. The van der Waals surface area contributed by atoms with Crippen LogP contribution in [-0.2, 0) is 16.1 Å². The molecule has 1 atom stereocenters. The molecule has 3 aromatic rings. The van der Waals surface area contributed by atoms with E-state index < -0.39 is 16.9 Å². The van der Waals surface area contributed by atoms with E-state index in [2.05, 4.69) is 0 Å². The van der Waals surface area contributed by atoms with Crippen molar-refractivity contribution in [2.24, 2.45) is 0 Å². The van der Waals surface area contributed by atoms with E-state index >= 15 is 0 Å². The van der Waals surface area contributed by atoms with Gasteiger partial charge in [0.1, 0.15) is 12.6 Å². The number of nitro benzene ring substituents is 1. The molecule has 7 heteroatoms. The molecule has 0 aliphatic carbocycles. The molecule has 0 radical (unpaired) electrons. The highest BCUT2D eigenvalue weighted by molar-refractivity contribution is 5.84. The number of ether oxygens (including phenoxy) is 1. The van der Waals surface area contributed by atoms with Gasteiger partial charge in [-0.2, -0.15) is 0 Å². The minimum Gasteiger partial charge on any atom is -0.459 e. The number of pyridine rings is 1. The lowest BCUT2D eigenvalue weighted by atomic mass is 10.1. The first-order valence-corrected chi connectivity index (χ1v) is 7.97. The van der Waals surface area contributed by atoms with Crippen molar-refractivity contribution in [1.29, 1.82) is 0 Å². The summed E-state index contributed by atoms with van der Waals surface area (Å²) in [5, 5.41) is 11.4. The quantitative estimate of drug-likeness (QED) is 0.399. The van der Waals surface area contributed by atoms with Crippen molar-refractivity contribution in [3.8, 4) is 0 Å². The molecule has 0 amide bonds. The monoisotopic (exact) mass is 352 g/mol. The van der Waals surface area contributed by atoms with Crippen LogP contribution in [0, 0.1) is 10.1 Å². The van der Waals surface area contributed by atoms with Crippen LogP contribution in [0.2, 0.25) is 0 Å². The second kappa shape index (κ2) is 7.18. The van der Waals surface area contributed by atoms with Gasteiger partial charge in [-0.05, 0) is 24.6 Å². The summed E-state index contributed by atoms with van der Waals surface area (Å²) in [6.45, 7) is 1.67. The highest BCUT2D eigenvalue weighted by atomic mass is 16.6. The lowest BCUT2D eigenvalue weighted by Crippen LogP contribution is -2.29. The first-order valence-electron chi connectivity index (χ1n) is 7.97. The van der Waals surface area contributed by atoms with Gasteiger partial charge in [0.2, 0.25) is 0 Å². The summed E-state index contributed by atoms with van der Waals surface area (Å²) in [5.41, 5.74) is 0.818. The van der Waals surface area contributed by atoms with Crippen LogP contribution < -0.4 is 5.56 Å². The van der Waals surface area contributed by atoms with E-state index in [0.717, 1.165) is 5.56 Å². The third kappa shape index (κ3) is 3.46. The first kappa shape index (κ1) is 17.3. The fourth-order valence-electron chi connectivity index (χ4n) is 2.72. The number of hydrogen-bond acceptors (Lipinski definition) is 5. The number of fused-ring (bicyclic) bond motifs is 1. The Morgan fingerprint density at radius 1 is 1.15 bits per heavy atom. The molecule has 7 nitrogen and oxygen atoms in total. The van der Waals surface area contributed by atoms with Gasteiger partial charge in [-0.1, -0.05) is 30.3 Å². The molecule has 1 heterocycles. The molecule has 0 spiro atoms. The van der Waals surface area contributed by atoms with Gasteiger partial charge in [-0.25, -0.2) is 4.79 Å². The molecular formula is C19H16N2O5. The van der Waals surface area contributed by atoms with Gasteiger partial charge in [0.15, 0.2) is 0 Å². The van der Waals surface area contributed by atoms with Crippen molar-refractivity contribution in [3.63, 3.8) is 0 Å². The summed E-state index contributed by atoms with van der Waals surface area (Å²) in [4.78, 5) is 35.1. The Labute approximate surface area is 148 Å². The number of esters is 1. The summed E-state index contributed by atoms with van der Waals surface area (Å²) in [6.07, 6.45) is 0. The molecule has 26 heavy (non-hydrogen) atoms. The van der Waals surface area contributed by atoms with Gasteiger partial charge in [0.05, 0.1) is 10.4 Å². The Kier molecular flexibility index (Phi) is 4.79. The smallest absolute Gasteiger partial charge is 0.329 e. The molecule has 0 N–H and O–H groups in total. The highest BCUT2D eigenvalue weighted by Crippen LogP contribution is 2.22. The van der Waals surface area contributed by atoms with Crippen LogP contribution in [0.25, 0.3) is 10.9 Å². The molecule has 0 saturated carbocycles. The first-order chi connectivity index (χ1) is 12.5. The number of carbonyl (C=O) groups excluding carboxylic acids is 1. The molecule has 0 bridgehead atoms. The minimum absolute atomic E-state index is 0.0815. The van der Waals surface area contributed by atoms with E-state index in [1.165, 1.54) is 34.9 Å². The Balaban J connectivity index is 1.90. The summed E-state index contributed by atoms with van der Waals surface area (Å²) < 4.78 is 6.59. The van der Waals surface area contributed by atoms with Gasteiger partial charge >= 0.3 is 5.97 Å². The summed E-state index contributed by atoms with van der Waals surface area (Å²) in [6, 6.07) is 15.3.